The van der Waals surface area contributed by atoms with Crippen molar-refractivity contribution in [1.82, 2.24) is 14.3 Å². The fourth-order valence-corrected chi connectivity index (χ4v) is 3.16. The van der Waals surface area contributed by atoms with Crippen LogP contribution in [0.15, 0.2) is 41.6 Å². The van der Waals surface area contributed by atoms with E-state index in [-0.39, 0.29) is 5.03 Å². The van der Waals surface area contributed by atoms with Gasteiger partial charge in [0.15, 0.2) is 5.03 Å². The second-order valence-corrected chi connectivity index (χ2v) is 6.64. The third-order valence-corrected chi connectivity index (χ3v) is 4.72. The summed E-state index contributed by atoms with van der Waals surface area (Å²) in [5.41, 5.74) is 0.755. The normalized spacial score (nSPS) is 12.9. The van der Waals surface area contributed by atoms with Gasteiger partial charge in [0, 0.05) is 12.7 Å². The summed E-state index contributed by atoms with van der Waals surface area (Å²) in [4.78, 5) is 16.2. The number of nitrogens with zero attached hydrogens (tertiary/aromatic N) is 2. The highest BCUT2D eigenvalue weighted by Crippen LogP contribution is 2.16. The summed E-state index contributed by atoms with van der Waals surface area (Å²) < 4.78 is 28.3. The van der Waals surface area contributed by atoms with Crippen LogP contribution in [0.1, 0.15) is 31.2 Å². The van der Waals surface area contributed by atoms with Crippen molar-refractivity contribution in [1.29, 1.82) is 0 Å². The molecule has 1 heterocycles. The van der Waals surface area contributed by atoms with Crippen molar-refractivity contribution >= 4 is 15.9 Å². The summed E-state index contributed by atoms with van der Waals surface area (Å²) in [6.07, 6.45) is 1.43. The lowest BCUT2D eigenvalue weighted by atomic mass is 10.0. The lowest BCUT2D eigenvalue weighted by Crippen LogP contribution is -2.34. The van der Waals surface area contributed by atoms with Gasteiger partial charge in [0.25, 0.3) is 10.0 Å². The van der Waals surface area contributed by atoms with Gasteiger partial charge < -0.3 is 4.57 Å². The van der Waals surface area contributed by atoms with Crippen LogP contribution in [-0.2, 0) is 21.4 Å². The fraction of sp³-hybridized carbons (Fsp3) is 0.333. The van der Waals surface area contributed by atoms with Gasteiger partial charge >= 0.3 is 0 Å². The average molecular weight is 321 g/mol. The number of hydrogen-bond acceptors (Lipinski definition) is 4. The highest BCUT2D eigenvalue weighted by atomic mass is 32.2. The molecule has 0 saturated carbocycles. The van der Waals surface area contributed by atoms with Crippen molar-refractivity contribution in [3.63, 3.8) is 0 Å². The maximum absolute atomic E-state index is 12.3. The van der Waals surface area contributed by atoms with E-state index in [1.807, 2.05) is 13.0 Å². The molecule has 6 nitrogen and oxygen atoms in total. The quantitative estimate of drug-likeness (QED) is 0.911. The Morgan fingerprint density at radius 1 is 1.32 bits per heavy atom. The number of sulfonamides is 1. The summed E-state index contributed by atoms with van der Waals surface area (Å²) in [7, 11) is -3.96. The first-order valence-corrected chi connectivity index (χ1v) is 8.49. The minimum atomic E-state index is -3.96. The Bertz CT molecular complexity index is 767. The Kier molecular flexibility index (Phi) is 4.65. The van der Waals surface area contributed by atoms with E-state index in [2.05, 4.69) is 9.71 Å². The molecule has 1 aromatic heterocycles. The molecular weight excluding hydrogens is 302 g/mol. The summed E-state index contributed by atoms with van der Waals surface area (Å²) in [6.45, 7) is 5.89. The topological polar surface area (TPSA) is 81.1 Å². The molecular formula is C15H19N3O3S. The fourth-order valence-electron chi connectivity index (χ4n) is 2.10. The van der Waals surface area contributed by atoms with Gasteiger partial charge in [-0.3, -0.25) is 4.79 Å². The van der Waals surface area contributed by atoms with Crippen LogP contribution in [0.3, 0.4) is 0 Å². The van der Waals surface area contributed by atoms with E-state index in [0.717, 1.165) is 5.56 Å². The predicted octanol–water partition coefficient (Wildman–Crippen LogP) is 1.82. The summed E-state index contributed by atoms with van der Waals surface area (Å²) >= 11 is 0. The molecule has 0 aliphatic carbocycles. The van der Waals surface area contributed by atoms with Gasteiger partial charge in [0.05, 0.1) is 5.92 Å². The number of benzene rings is 1. The molecule has 1 N–H and O–H groups in total. The highest BCUT2D eigenvalue weighted by Gasteiger charge is 2.25. The number of rotatable bonds is 5. The summed E-state index contributed by atoms with van der Waals surface area (Å²) in [6, 6.07) is 9.02. The predicted molar refractivity (Wildman–Crippen MR) is 82.8 cm³/mol. The molecule has 0 fully saturated rings. The smallest absolute Gasteiger partial charge is 0.283 e. The Balaban J connectivity index is 2.19. The van der Waals surface area contributed by atoms with E-state index in [9.17, 15) is 13.2 Å². The number of nitrogens with one attached hydrogen (secondary N) is 1. The van der Waals surface area contributed by atoms with E-state index in [4.69, 9.17) is 0 Å². The van der Waals surface area contributed by atoms with Crippen LogP contribution in [0.4, 0.5) is 0 Å². The van der Waals surface area contributed by atoms with Crippen LogP contribution in [0.25, 0.3) is 0 Å². The summed E-state index contributed by atoms with van der Waals surface area (Å²) in [5, 5.41) is -0.138. The number of aryl methyl sites for hydroxylation is 2. The third-order valence-electron chi connectivity index (χ3n) is 3.50. The minimum Gasteiger partial charge on any atom is -0.334 e. The average Bonchev–Trinajstić information content (AvgIpc) is 2.89. The van der Waals surface area contributed by atoms with Gasteiger partial charge in [-0.1, -0.05) is 30.3 Å². The molecule has 1 atom stereocenters. The van der Waals surface area contributed by atoms with E-state index in [0.29, 0.717) is 12.4 Å². The molecule has 0 unspecified atom stereocenters. The van der Waals surface area contributed by atoms with Crippen LogP contribution in [0.5, 0.6) is 0 Å². The van der Waals surface area contributed by atoms with Crippen LogP contribution in [-0.4, -0.2) is 23.9 Å². The van der Waals surface area contributed by atoms with Crippen molar-refractivity contribution in [3.8, 4) is 0 Å². The molecule has 1 amide bonds. The van der Waals surface area contributed by atoms with Gasteiger partial charge in [0.2, 0.25) is 5.91 Å². The van der Waals surface area contributed by atoms with E-state index < -0.39 is 21.8 Å². The Morgan fingerprint density at radius 3 is 2.50 bits per heavy atom. The van der Waals surface area contributed by atoms with Crippen molar-refractivity contribution in [2.45, 2.75) is 38.3 Å². The SMILES string of the molecule is CCn1cc(S(=O)(=O)NC(=O)[C@@H](C)c2ccccc2)nc1C. The molecule has 1 aromatic carbocycles. The van der Waals surface area contributed by atoms with E-state index in [1.165, 1.54) is 6.20 Å². The number of amides is 1. The molecule has 0 spiro atoms. The summed E-state index contributed by atoms with van der Waals surface area (Å²) in [5.74, 6) is -0.549. The standard InChI is InChI=1S/C15H19N3O3S/c1-4-18-10-14(16-12(18)3)22(20,21)17-15(19)11(2)13-8-6-5-7-9-13/h5-11H,4H2,1-3H3,(H,17,19)/t11-/m0/s1. The van der Waals surface area contributed by atoms with Crippen molar-refractivity contribution < 1.29 is 13.2 Å². The zero-order valence-electron chi connectivity index (χ0n) is 12.8. The van der Waals surface area contributed by atoms with Gasteiger partial charge in [-0.05, 0) is 26.3 Å². The minimum absolute atomic E-state index is 0.138. The third kappa shape index (κ3) is 3.36. The van der Waals surface area contributed by atoms with Crippen LogP contribution in [0.2, 0.25) is 0 Å². The highest BCUT2D eigenvalue weighted by molar-refractivity contribution is 7.90. The molecule has 118 valence electrons. The molecule has 0 bridgehead atoms. The number of hydrogen-bond donors (Lipinski definition) is 1. The number of carbonyl (C=O) groups is 1. The molecule has 2 aromatic rings. The van der Waals surface area contributed by atoms with Crippen molar-refractivity contribution in [2.24, 2.45) is 0 Å². The number of carbonyl (C=O) groups excluding carboxylic acids is 1. The number of aromatic nitrogens is 2. The van der Waals surface area contributed by atoms with E-state index in [1.54, 1.807) is 42.7 Å². The Morgan fingerprint density at radius 2 is 1.95 bits per heavy atom. The van der Waals surface area contributed by atoms with Crippen LogP contribution >= 0.6 is 0 Å². The van der Waals surface area contributed by atoms with Crippen LogP contribution in [0, 0.1) is 6.92 Å². The Labute approximate surface area is 130 Å². The first kappa shape index (κ1) is 16.2. The van der Waals surface area contributed by atoms with Crippen molar-refractivity contribution in [3.05, 3.63) is 47.9 Å². The van der Waals surface area contributed by atoms with Gasteiger partial charge in [-0.15, -0.1) is 0 Å². The van der Waals surface area contributed by atoms with Gasteiger partial charge in [-0.2, -0.15) is 8.42 Å². The second-order valence-electron chi connectivity index (χ2n) is 5.01. The molecule has 2 rings (SSSR count). The first-order valence-electron chi connectivity index (χ1n) is 7.00. The molecule has 7 heteroatoms. The monoisotopic (exact) mass is 321 g/mol. The zero-order chi connectivity index (χ0) is 16.3. The molecule has 22 heavy (non-hydrogen) atoms. The second kappa shape index (κ2) is 6.31. The van der Waals surface area contributed by atoms with Crippen molar-refractivity contribution in [2.75, 3.05) is 0 Å². The maximum Gasteiger partial charge on any atom is 0.283 e. The molecule has 0 saturated heterocycles. The molecule has 0 aliphatic rings. The Hall–Kier alpha value is -2.15. The molecule has 0 aliphatic heterocycles. The lowest BCUT2D eigenvalue weighted by molar-refractivity contribution is -0.120. The molecule has 0 radical (unpaired) electrons. The van der Waals surface area contributed by atoms with Gasteiger partial charge in [-0.25, -0.2) is 9.71 Å². The van der Waals surface area contributed by atoms with Crippen LogP contribution < -0.4 is 4.72 Å². The lowest BCUT2D eigenvalue weighted by Gasteiger charge is -2.11. The largest absolute Gasteiger partial charge is 0.334 e. The van der Waals surface area contributed by atoms with Gasteiger partial charge in [0.1, 0.15) is 5.82 Å². The number of imidazole rings is 1. The van der Waals surface area contributed by atoms with E-state index >= 15 is 0 Å². The first-order chi connectivity index (χ1) is 10.3. The maximum atomic E-state index is 12.3. The zero-order valence-corrected chi connectivity index (χ0v) is 13.6.